The third-order valence-corrected chi connectivity index (χ3v) is 5.75. The number of nitrogens with zero attached hydrogens (tertiary/aromatic N) is 4. The first-order valence-electron chi connectivity index (χ1n) is 10.3. The summed E-state index contributed by atoms with van der Waals surface area (Å²) >= 11 is 6.02. The van der Waals surface area contributed by atoms with Gasteiger partial charge in [0.1, 0.15) is 0 Å². The van der Waals surface area contributed by atoms with E-state index in [4.69, 9.17) is 11.6 Å². The van der Waals surface area contributed by atoms with Crippen molar-refractivity contribution in [3.05, 3.63) is 82.6 Å². The molecule has 0 saturated carbocycles. The molecule has 0 aliphatic carbocycles. The van der Waals surface area contributed by atoms with Crippen LogP contribution in [-0.4, -0.2) is 45.4 Å². The predicted octanol–water partition coefficient (Wildman–Crippen LogP) is 3.62. The monoisotopic (exact) mass is 423 g/mol. The summed E-state index contributed by atoms with van der Waals surface area (Å²) in [7, 11) is 0. The summed E-state index contributed by atoms with van der Waals surface area (Å²) in [5, 5.41) is 11.8. The van der Waals surface area contributed by atoms with Gasteiger partial charge in [0.05, 0.1) is 12.7 Å². The van der Waals surface area contributed by atoms with Crippen LogP contribution in [0.4, 0.5) is 0 Å². The molecule has 2 heterocycles. The van der Waals surface area contributed by atoms with E-state index in [2.05, 4.69) is 44.8 Å². The lowest BCUT2D eigenvalue weighted by atomic mass is 9.96. The van der Waals surface area contributed by atoms with Crippen molar-refractivity contribution in [2.75, 3.05) is 19.6 Å². The first-order valence-corrected chi connectivity index (χ1v) is 10.7. The van der Waals surface area contributed by atoms with Crippen molar-refractivity contribution in [1.29, 1.82) is 0 Å². The average Bonchev–Trinajstić information content (AvgIpc) is 3.22. The lowest BCUT2D eigenvalue weighted by molar-refractivity contribution is 0.0930. The Morgan fingerprint density at radius 2 is 1.80 bits per heavy atom. The number of carbonyl (C=O) groups excluding carboxylic acids is 1. The second-order valence-electron chi connectivity index (χ2n) is 7.85. The summed E-state index contributed by atoms with van der Waals surface area (Å²) in [5.74, 6) is 0.335. The molecule has 4 rings (SSSR count). The summed E-state index contributed by atoms with van der Waals surface area (Å²) in [4.78, 5) is 14.9. The third-order valence-electron chi connectivity index (χ3n) is 5.51. The molecule has 0 spiro atoms. The lowest BCUT2D eigenvalue weighted by Gasteiger charge is -2.32. The van der Waals surface area contributed by atoms with E-state index >= 15 is 0 Å². The summed E-state index contributed by atoms with van der Waals surface area (Å²) in [6.07, 6.45) is 3.86. The summed E-state index contributed by atoms with van der Waals surface area (Å²) in [6, 6.07) is 18.1. The van der Waals surface area contributed by atoms with Gasteiger partial charge in [-0.25, -0.2) is 4.68 Å². The molecular weight excluding hydrogens is 398 g/mol. The van der Waals surface area contributed by atoms with E-state index in [1.807, 2.05) is 30.3 Å². The van der Waals surface area contributed by atoms with Crippen LogP contribution < -0.4 is 5.32 Å². The maximum atomic E-state index is 12.5. The van der Waals surface area contributed by atoms with Crippen LogP contribution in [0.15, 0.2) is 60.8 Å². The molecule has 1 N–H and O–H groups in total. The molecule has 1 fully saturated rings. The van der Waals surface area contributed by atoms with Gasteiger partial charge in [-0.2, -0.15) is 0 Å². The molecule has 1 saturated heterocycles. The van der Waals surface area contributed by atoms with Gasteiger partial charge in [0, 0.05) is 18.1 Å². The van der Waals surface area contributed by atoms with E-state index in [-0.39, 0.29) is 5.91 Å². The van der Waals surface area contributed by atoms with Gasteiger partial charge in [0.25, 0.3) is 5.91 Å². The van der Waals surface area contributed by atoms with E-state index in [1.165, 1.54) is 5.56 Å². The van der Waals surface area contributed by atoms with Crippen molar-refractivity contribution in [2.45, 2.75) is 25.9 Å². The number of hydrogen-bond acceptors (Lipinski definition) is 4. The number of nitrogens with one attached hydrogen (secondary N) is 1. The zero-order valence-electron chi connectivity index (χ0n) is 16.9. The van der Waals surface area contributed by atoms with E-state index < -0.39 is 0 Å². The minimum atomic E-state index is -0.168. The number of piperidine rings is 1. The Balaban J connectivity index is 1.21. The summed E-state index contributed by atoms with van der Waals surface area (Å²) < 4.78 is 1.66. The van der Waals surface area contributed by atoms with Crippen molar-refractivity contribution in [1.82, 2.24) is 25.2 Å². The Labute approximate surface area is 181 Å². The second kappa shape index (κ2) is 9.87. The molecule has 0 radical (unpaired) electrons. The number of amides is 1. The molecule has 30 heavy (non-hydrogen) atoms. The topological polar surface area (TPSA) is 63.1 Å². The molecule has 2 aromatic carbocycles. The molecule has 1 aromatic heterocycles. The van der Waals surface area contributed by atoms with Crippen LogP contribution in [0, 0.1) is 5.92 Å². The van der Waals surface area contributed by atoms with E-state index in [0.717, 1.165) is 38.0 Å². The van der Waals surface area contributed by atoms with Crippen LogP contribution in [0.3, 0.4) is 0 Å². The Hall–Kier alpha value is -2.70. The van der Waals surface area contributed by atoms with E-state index in [9.17, 15) is 4.79 Å². The van der Waals surface area contributed by atoms with Gasteiger partial charge in [0.2, 0.25) is 0 Å². The molecule has 0 bridgehead atoms. The van der Waals surface area contributed by atoms with Crippen LogP contribution >= 0.6 is 11.6 Å². The van der Waals surface area contributed by atoms with Crippen molar-refractivity contribution in [2.24, 2.45) is 5.92 Å². The highest BCUT2D eigenvalue weighted by Crippen LogP contribution is 2.18. The zero-order chi connectivity index (χ0) is 20.8. The van der Waals surface area contributed by atoms with Gasteiger partial charge in [-0.1, -0.05) is 59.3 Å². The smallest absolute Gasteiger partial charge is 0.273 e. The largest absolute Gasteiger partial charge is 0.350 e. The second-order valence-corrected chi connectivity index (χ2v) is 8.28. The van der Waals surface area contributed by atoms with Crippen molar-refractivity contribution >= 4 is 17.5 Å². The fourth-order valence-corrected chi connectivity index (χ4v) is 4.03. The minimum Gasteiger partial charge on any atom is -0.350 e. The van der Waals surface area contributed by atoms with Crippen molar-refractivity contribution in [3.63, 3.8) is 0 Å². The van der Waals surface area contributed by atoms with Gasteiger partial charge >= 0.3 is 0 Å². The molecular formula is C23H26ClN5O. The minimum absolute atomic E-state index is 0.168. The highest BCUT2D eigenvalue weighted by molar-refractivity contribution is 6.30. The van der Waals surface area contributed by atoms with Gasteiger partial charge in [-0.15, -0.1) is 5.10 Å². The number of aromatic nitrogens is 3. The molecule has 0 unspecified atom stereocenters. The fraction of sp³-hybridized carbons (Fsp3) is 0.348. The number of likely N-dealkylation sites (tertiary alicyclic amines) is 1. The number of benzene rings is 2. The lowest BCUT2D eigenvalue weighted by Crippen LogP contribution is -2.38. The number of carbonyl (C=O) groups is 1. The molecule has 6 nitrogen and oxygen atoms in total. The Kier molecular flexibility index (Phi) is 6.77. The van der Waals surface area contributed by atoms with Gasteiger partial charge < -0.3 is 5.32 Å². The highest BCUT2D eigenvalue weighted by Gasteiger charge is 2.20. The highest BCUT2D eigenvalue weighted by atomic mass is 35.5. The normalized spacial score (nSPS) is 15.2. The first kappa shape index (κ1) is 20.6. The van der Waals surface area contributed by atoms with Crippen LogP contribution in [0.2, 0.25) is 5.02 Å². The summed E-state index contributed by atoms with van der Waals surface area (Å²) in [5.41, 5.74) is 2.71. The van der Waals surface area contributed by atoms with E-state index in [0.29, 0.717) is 29.7 Å². The molecule has 1 amide bonds. The molecule has 3 aromatic rings. The predicted molar refractivity (Wildman–Crippen MR) is 117 cm³/mol. The molecule has 7 heteroatoms. The quantitative estimate of drug-likeness (QED) is 0.630. The SMILES string of the molecule is O=C(NCC1CCN(Cc2ccccc2)CC1)c1cn(Cc2cccc(Cl)c2)nn1. The standard InChI is InChI=1S/C23H26ClN5O/c24-21-8-4-7-20(13-21)16-29-17-22(26-27-29)23(30)25-14-18-9-11-28(12-10-18)15-19-5-2-1-3-6-19/h1-8,13,17-18H,9-12,14-16H2,(H,25,30). The van der Waals surface area contributed by atoms with Gasteiger partial charge in [0.15, 0.2) is 5.69 Å². The Morgan fingerprint density at radius 3 is 2.57 bits per heavy atom. The molecule has 0 atom stereocenters. The molecule has 1 aliphatic heterocycles. The molecule has 1 aliphatic rings. The average molecular weight is 424 g/mol. The number of rotatable bonds is 7. The Bertz CT molecular complexity index is 966. The third kappa shape index (κ3) is 5.68. The number of hydrogen-bond donors (Lipinski definition) is 1. The maximum absolute atomic E-state index is 12.5. The fourth-order valence-electron chi connectivity index (χ4n) is 3.82. The summed E-state index contributed by atoms with van der Waals surface area (Å²) in [6.45, 7) is 4.33. The van der Waals surface area contributed by atoms with Crippen LogP contribution in [0.5, 0.6) is 0 Å². The van der Waals surface area contributed by atoms with Crippen LogP contribution in [0.1, 0.15) is 34.5 Å². The van der Waals surface area contributed by atoms with Gasteiger partial charge in [-0.3, -0.25) is 9.69 Å². The van der Waals surface area contributed by atoms with Crippen molar-refractivity contribution < 1.29 is 4.79 Å². The maximum Gasteiger partial charge on any atom is 0.273 e. The van der Waals surface area contributed by atoms with Gasteiger partial charge in [-0.05, 0) is 55.1 Å². The zero-order valence-corrected chi connectivity index (χ0v) is 17.6. The van der Waals surface area contributed by atoms with Crippen LogP contribution in [0.25, 0.3) is 0 Å². The van der Waals surface area contributed by atoms with Crippen LogP contribution in [-0.2, 0) is 13.1 Å². The Morgan fingerprint density at radius 1 is 1.03 bits per heavy atom. The number of halogens is 1. The molecule has 156 valence electrons. The van der Waals surface area contributed by atoms with Crippen molar-refractivity contribution in [3.8, 4) is 0 Å². The first-order chi connectivity index (χ1) is 14.7. The van der Waals surface area contributed by atoms with E-state index in [1.54, 1.807) is 10.9 Å².